The van der Waals surface area contributed by atoms with Gasteiger partial charge in [-0.25, -0.2) is 0 Å². The third-order valence-corrected chi connectivity index (χ3v) is 5.47. The zero-order chi connectivity index (χ0) is 15.6. The fourth-order valence-corrected chi connectivity index (χ4v) is 4.28. The van der Waals surface area contributed by atoms with E-state index in [1.54, 1.807) is 0 Å². The van der Waals surface area contributed by atoms with Crippen molar-refractivity contribution in [3.8, 4) is 0 Å². The van der Waals surface area contributed by atoms with Crippen LogP contribution in [-0.4, -0.2) is 31.6 Å². The van der Waals surface area contributed by atoms with E-state index >= 15 is 0 Å². The van der Waals surface area contributed by atoms with Gasteiger partial charge in [-0.2, -0.15) is 0 Å². The molecule has 3 unspecified atom stereocenters. The highest BCUT2D eigenvalue weighted by Gasteiger charge is 2.44. The summed E-state index contributed by atoms with van der Waals surface area (Å²) in [7, 11) is 6.64. The molecule has 21 heavy (non-hydrogen) atoms. The van der Waals surface area contributed by atoms with E-state index in [2.05, 4.69) is 70.3 Å². The predicted molar refractivity (Wildman–Crippen MR) is 91.8 cm³/mol. The summed E-state index contributed by atoms with van der Waals surface area (Å²) >= 11 is 0. The normalized spacial score (nSPS) is 27.9. The van der Waals surface area contributed by atoms with Crippen molar-refractivity contribution in [2.45, 2.75) is 58.0 Å². The molecular formula is C19H32N2. The van der Waals surface area contributed by atoms with E-state index in [1.807, 2.05) is 0 Å². The van der Waals surface area contributed by atoms with Crippen LogP contribution in [-0.2, 0) is 0 Å². The SMILES string of the molecule is CNC(c1cc(C)ccc1C)C1(N(C)C)CCCC(C)C1. The van der Waals surface area contributed by atoms with Crippen molar-refractivity contribution in [2.75, 3.05) is 21.1 Å². The van der Waals surface area contributed by atoms with Crippen LogP contribution in [0.2, 0.25) is 0 Å². The van der Waals surface area contributed by atoms with Crippen molar-refractivity contribution in [3.05, 3.63) is 34.9 Å². The molecule has 1 aromatic carbocycles. The molecule has 1 aliphatic rings. The van der Waals surface area contributed by atoms with Crippen molar-refractivity contribution in [3.63, 3.8) is 0 Å². The fraction of sp³-hybridized carbons (Fsp3) is 0.684. The van der Waals surface area contributed by atoms with Gasteiger partial charge in [-0.3, -0.25) is 0 Å². The van der Waals surface area contributed by atoms with E-state index in [0.29, 0.717) is 6.04 Å². The highest BCUT2D eigenvalue weighted by Crippen LogP contribution is 2.44. The third-order valence-electron chi connectivity index (χ3n) is 5.47. The lowest BCUT2D eigenvalue weighted by Gasteiger charge is -2.50. The number of rotatable bonds is 4. The smallest absolute Gasteiger partial charge is 0.0507 e. The van der Waals surface area contributed by atoms with Crippen LogP contribution < -0.4 is 5.32 Å². The van der Waals surface area contributed by atoms with Crippen LogP contribution in [0.1, 0.15) is 55.3 Å². The van der Waals surface area contributed by atoms with Gasteiger partial charge >= 0.3 is 0 Å². The molecule has 0 saturated heterocycles. The van der Waals surface area contributed by atoms with Crippen LogP contribution in [0.15, 0.2) is 18.2 Å². The van der Waals surface area contributed by atoms with Gasteiger partial charge in [0.2, 0.25) is 0 Å². The second-order valence-corrected chi connectivity index (χ2v) is 7.28. The van der Waals surface area contributed by atoms with E-state index in [4.69, 9.17) is 0 Å². The first kappa shape index (κ1) is 16.5. The number of hydrogen-bond acceptors (Lipinski definition) is 2. The van der Waals surface area contributed by atoms with Crippen LogP contribution in [0, 0.1) is 19.8 Å². The first-order valence-corrected chi connectivity index (χ1v) is 8.32. The Kier molecular flexibility index (Phi) is 5.11. The maximum atomic E-state index is 3.66. The number of hydrogen-bond donors (Lipinski definition) is 1. The fourth-order valence-electron chi connectivity index (χ4n) is 4.28. The second kappa shape index (κ2) is 6.50. The van der Waals surface area contributed by atoms with Gasteiger partial charge in [-0.05, 0) is 64.9 Å². The molecule has 0 radical (unpaired) electrons. The maximum Gasteiger partial charge on any atom is 0.0507 e. The molecule has 1 fully saturated rings. The van der Waals surface area contributed by atoms with Gasteiger partial charge in [0.15, 0.2) is 0 Å². The molecule has 1 N–H and O–H groups in total. The summed E-state index contributed by atoms with van der Waals surface area (Å²) in [5.41, 5.74) is 4.46. The lowest BCUT2D eigenvalue weighted by molar-refractivity contribution is 0.0391. The summed E-state index contributed by atoms with van der Waals surface area (Å²) in [6.07, 6.45) is 5.27. The van der Waals surface area contributed by atoms with Gasteiger partial charge in [0.05, 0.1) is 6.04 Å². The maximum absolute atomic E-state index is 3.66. The molecule has 0 aromatic heterocycles. The first-order valence-electron chi connectivity index (χ1n) is 8.32. The Morgan fingerprint density at radius 2 is 2.00 bits per heavy atom. The molecule has 0 amide bonds. The van der Waals surface area contributed by atoms with Crippen molar-refractivity contribution in [2.24, 2.45) is 5.92 Å². The highest BCUT2D eigenvalue weighted by atomic mass is 15.2. The molecule has 2 heteroatoms. The van der Waals surface area contributed by atoms with E-state index in [0.717, 1.165) is 5.92 Å². The Morgan fingerprint density at radius 1 is 1.29 bits per heavy atom. The lowest BCUT2D eigenvalue weighted by atomic mass is 9.69. The summed E-state index contributed by atoms with van der Waals surface area (Å²) in [5.74, 6) is 0.808. The van der Waals surface area contributed by atoms with Crippen molar-refractivity contribution in [1.29, 1.82) is 0 Å². The summed E-state index contributed by atoms with van der Waals surface area (Å²) in [5, 5.41) is 3.66. The first-order chi connectivity index (χ1) is 9.90. The lowest BCUT2D eigenvalue weighted by Crippen LogP contribution is -2.55. The molecule has 2 rings (SSSR count). The van der Waals surface area contributed by atoms with Gasteiger partial charge in [0, 0.05) is 5.54 Å². The zero-order valence-electron chi connectivity index (χ0n) is 14.7. The van der Waals surface area contributed by atoms with Gasteiger partial charge < -0.3 is 10.2 Å². The molecule has 0 aliphatic heterocycles. The molecule has 3 atom stereocenters. The molecule has 118 valence electrons. The van der Waals surface area contributed by atoms with Gasteiger partial charge in [0.1, 0.15) is 0 Å². The monoisotopic (exact) mass is 288 g/mol. The van der Waals surface area contributed by atoms with E-state index in [-0.39, 0.29) is 5.54 Å². The average Bonchev–Trinajstić information content (AvgIpc) is 2.43. The Morgan fingerprint density at radius 3 is 2.57 bits per heavy atom. The Hall–Kier alpha value is -0.860. The number of aryl methyl sites for hydroxylation is 2. The minimum atomic E-state index is 0.227. The van der Waals surface area contributed by atoms with Crippen molar-refractivity contribution in [1.82, 2.24) is 10.2 Å². The van der Waals surface area contributed by atoms with Crippen LogP contribution in [0.3, 0.4) is 0 Å². The van der Waals surface area contributed by atoms with Crippen LogP contribution in [0.5, 0.6) is 0 Å². The summed E-state index contributed by atoms with van der Waals surface area (Å²) in [6, 6.07) is 7.26. The average molecular weight is 288 g/mol. The molecule has 0 bridgehead atoms. The summed E-state index contributed by atoms with van der Waals surface area (Å²) in [6.45, 7) is 6.85. The van der Waals surface area contributed by atoms with E-state index in [9.17, 15) is 0 Å². The standard InChI is InChI=1S/C19H32N2/c1-14-9-10-16(3)17(12-14)18(20-4)19(21(5)6)11-7-8-15(2)13-19/h9-10,12,15,18,20H,7-8,11,13H2,1-6H3. The molecular weight excluding hydrogens is 256 g/mol. The second-order valence-electron chi connectivity index (χ2n) is 7.28. The number of benzene rings is 1. The third kappa shape index (κ3) is 3.17. The van der Waals surface area contributed by atoms with Crippen molar-refractivity contribution >= 4 is 0 Å². The molecule has 1 saturated carbocycles. The number of nitrogens with zero attached hydrogens (tertiary/aromatic N) is 1. The zero-order valence-corrected chi connectivity index (χ0v) is 14.7. The van der Waals surface area contributed by atoms with E-state index < -0.39 is 0 Å². The van der Waals surface area contributed by atoms with Gasteiger partial charge in [0.25, 0.3) is 0 Å². The number of likely N-dealkylation sites (N-methyl/N-ethyl adjacent to an activating group) is 2. The molecule has 2 nitrogen and oxygen atoms in total. The Labute approximate surface area is 130 Å². The minimum absolute atomic E-state index is 0.227. The topological polar surface area (TPSA) is 15.3 Å². The molecule has 0 heterocycles. The molecule has 1 aromatic rings. The molecule has 0 spiro atoms. The largest absolute Gasteiger partial charge is 0.311 e. The Balaban J connectivity index is 2.47. The van der Waals surface area contributed by atoms with Crippen molar-refractivity contribution < 1.29 is 0 Å². The minimum Gasteiger partial charge on any atom is -0.311 e. The summed E-state index contributed by atoms with van der Waals surface area (Å²) in [4.78, 5) is 2.48. The van der Waals surface area contributed by atoms with Crippen LogP contribution in [0.25, 0.3) is 0 Å². The summed E-state index contributed by atoms with van der Waals surface area (Å²) < 4.78 is 0. The quantitative estimate of drug-likeness (QED) is 0.898. The van der Waals surface area contributed by atoms with Crippen LogP contribution in [0.4, 0.5) is 0 Å². The Bertz CT molecular complexity index is 480. The highest BCUT2D eigenvalue weighted by molar-refractivity contribution is 5.35. The van der Waals surface area contributed by atoms with Gasteiger partial charge in [-0.15, -0.1) is 0 Å². The number of nitrogens with one attached hydrogen (secondary N) is 1. The molecule has 1 aliphatic carbocycles. The van der Waals surface area contributed by atoms with E-state index in [1.165, 1.54) is 42.4 Å². The predicted octanol–water partition coefficient (Wildman–Crippen LogP) is 4.07. The van der Waals surface area contributed by atoms with Gasteiger partial charge in [-0.1, -0.05) is 43.5 Å². The van der Waals surface area contributed by atoms with Crippen LogP contribution >= 0.6 is 0 Å².